The van der Waals surface area contributed by atoms with Gasteiger partial charge < -0.3 is 20.7 Å². The minimum Gasteiger partial charge on any atom is -0.508 e. The molecule has 2 heterocycles. The molecule has 0 saturated carbocycles. The molecule has 2 aromatic heterocycles. The first-order valence-electron chi connectivity index (χ1n) is 8.36. The number of aromatic nitrogens is 2. The standard InChI is InChI=1S/C16H20N4OS.C2H6/c1-3-18-14(15-9-22-16(17-2)20-15)6-10-8-19-13-5-4-11(21)7-12(10)13;1-2/h4-5,7-9,14,18-19,21H,3,6H2,1-2H3,(H,17,20);1-2H3/t14-;/m0./s1. The number of anilines is 1. The number of hydrogen-bond donors (Lipinski definition) is 4. The lowest BCUT2D eigenvalue weighted by Gasteiger charge is -2.15. The monoisotopic (exact) mass is 346 g/mol. The lowest BCUT2D eigenvalue weighted by molar-refractivity contribution is 0.476. The SMILES string of the molecule is CC.CCN[C@@H](Cc1c[nH]c2ccc(O)cc12)c1csc(NC)n1. The molecule has 1 aromatic carbocycles. The Kier molecular flexibility index (Phi) is 6.63. The van der Waals surface area contributed by atoms with E-state index in [4.69, 9.17) is 0 Å². The molecule has 0 fully saturated rings. The Bertz CT molecular complexity index is 765. The van der Waals surface area contributed by atoms with Crippen molar-refractivity contribution in [3.63, 3.8) is 0 Å². The van der Waals surface area contributed by atoms with Crippen molar-refractivity contribution in [1.29, 1.82) is 0 Å². The maximum absolute atomic E-state index is 9.71. The van der Waals surface area contributed by atoms with Gasteiger partial charge in [0.15, 0.2) is 5.13 Å². The molecule has 3 rings (SSSR count). The number of rotatable bonds is 6. The van der Waals surface area contributed by atoms with Crippen LogP contribution in [0.3, 0.4) is 0 Å². The Hall–Kier alpha value is -2.05. The third-order valence-electron chi connectivity index (χ3n) is 3.72. The maximum atomic E-state index is 9.71. The summed E-state index contributed by atoms with van der Waals surface area (Å²) in [4.78, 5) is 7.87. The fourth-order valence-corrected chi connectivity index (χ4v) is 3.37. The average Bonchev–Trinajstić information content (AvgIpc) is 3.23. The number of thiazole rings is 1. The van der Waals surface area contributed by atoms with E-state index in [1.807, 2.05) is 39.2 Å². The molecule has 3 aromatic rings. The van der Waals surface area contributed by atoms with Crippen LogP contribution in [0.2, 0.25) is 0 Å². The van der Waals surface area contributed by atoms with E-state index in [2.05, 4.69) is 32.9 Å². The Morgan fingerprint density at radius 1 is 1.33 bits per heavy atom. The van der Waals surface area contributed by atoms with Crippen molar-refractivity contribution in [2.45, 2.75) is 33.2 Å². The van der Waals surface area contributed by atoms with Crippen LogP contribution in [-0.2, 0) is 6.42 Å². The highest BCUT2D eigenvalue weighted by Crippen LogP contribution is 2.28. The number of nitrogens with one attached hydrogen (secondary N) is 3. The Morgan fingerprint density at radius 2 is 2.12 bits per heavy atom. The fraction of sp³-hybridized carbons (Fsp3) is 0.389. The summed E-state index contributed by atoms with van der Waals surface area (Å²) in [6.45, 7) is 6.98. The van der Waals surface area contributed by atoms with Crippen molar-refractivity contribution in [3.05, 3.63) is 41.0 Å². The van der Waals surface area contributed by atoms with Crippen molar-refractivity contribution >= 4 is 27.4 Å². The van der Waals surface area contributed by atoms with Gasteiger partial charge in [-0.1, -0.05) is 20.8 Å². The van der Waals surface area contributed by atoms with Gasteiger partial charge in [0.2, 0.25) is 0 Å². The number of aromatic amines is 1. The second-order valence-corrected chi connectivity index (χ2v) is 6.04. The Labute approximate surface area is 147 Å². The molecule has 5 nitrogen and oxygen atoms in total. The first-order chi connectivity index (χ1) is 11.7. The molecule has 0 aliphatic carbocycles. The van der Waals surface area contributed by atoms with Gasteiger partial charge in [0.25, 0.3) is 0 Å². The molecule has 1 atom stereocenters. The number of phenolic OH excluding ortho intramolecular Hbond substituents is 1. The van der Waals surface area contributed by atoms with Gasteiger partial charge in [-0.15, -0.1) is 11.3 Å². The predicted octanol–water partition coefficient (Wildman–Crippen LogP) is 4.29. The van der Waals surface area contributed by atoms with E-state index >= 15 is 0 Å². The number of likely N-dealkylation sites (N-methyl/N-ethyl adjacent to an activating group) is 1. The smallest absolute Gasteiger partial charge is 0.182 e. The van der Waals surface area contributed by atoms with Crippen molar-refractivity contribution in [2.24, 2.45) is 0 Å². The van der Waals surface area contributed by atoms with E-state index < -0.39 is 0 Å². The molecule has 0 bridgehead atoms. The third-order valence-corrected chi connectivity index (χ3v) is 4.60. The molecule has 4 N–H and O–H groups in total. The molecule has 0 saturated heterocycles. The average molecular weight is 346 g/mol. The van der Waals surface area contributed by atoms with E-state index in [1.165, 1.54) is 5.56 Å². The van der Waals surface area contributed by atoms with Gasteiger partial charge in [-0.25, -0.2) is 4.98 Å². The number of benzene rings is 1. The molecule has 0 radical (unpaired) electrons. The molecule has 0 spiro atoms. The van der Waals surface area contributed by atoms with Crippen LogP contribution >= 0.6 is 11.3 Å². The Balaban J connectivity index is 0.00000100. The van der Waals surface area contributed by atoms with Crippen molar-refractivity contribution < 1.29 is 5.11 Å². The van der Waals surface area contributed by atoms with Crippen LogP contribution in [0.4, 0.5) is 5.13 Å². The van der Waals surface area contributed by atoms with Gasteiger partial charge >= 0.3 is 0 Å². The molecule has 0 unspecified atom stereocenters. The number of nitrogens with zero attached hydrogens (tertiary/aromatic N) is 1. The highest BCUT2D eigenvalue weighted by molar-refractivity contribution is 7.13. The summed E-state index contributed by atoms with van der Waals surface area (Å²) < 4.78 is 0. The Morgan fingerprint density at radius 3 is 2.79 bits per heavy atom. The molecule has 0 aliphatic rings. The first kappa shape index (κ1) is 18.3. The largest absolute Gasteiger partial charge is 0.508 e. The van der Waals surface area contributed by atoms with Gasteiger partial charge in [0, 0.05) is 29.5 Å². The summed E-state index contributed by atoms with van der Waals surface area (Å²) in [6.07, 6.45) is 2.84. The highest BCUT2D eigenvalue weighted by Gasteiger charge is 2.17. The summed E-state index contributed by atoms with van der Waals surface area (Å²) >= 11 is 1.61. The van der Waals surface area contributed by atoms with E-state index in [0.717, 1.165) is 34.7 Å². The van der Waals surface area contributed by atoms with Gasteiger partial charge in [0.1, 0.15) is 5.75 Å². The zero-order chi connectivity index (χ0) is 17.5. The topological polar surface area (TPSA) is 73.0 Å². The zero-order valence-electron chi connectivity index (χ0n) is 14.7. The summed E-state index contributed by atoms with van der Waals surface area (Å²) in [7, 11) is 1.88. The van der Waals surface area contributed by atoms with Gasteiger partial charge in [0.05, 0.1) is 11.7 Å². The number of hydrogen-bond acceptors (Lipinski definition) is 5. The van der Waals surface area contributed by atoms with Crippen LogP contribution in [0, 0.1) is 0 Å². The lowest BCUT2D eigenvalue weighted by atomic mass is 10.0. The number of fused-ring (bicyclic) bond motifs is 1. The number of aromatic hydroxyl groups is 1. The van der Waals surface area contributed by atoms with E-state index in [1.54, 1.807) is 17.4 Å². The molecule has 6 heteroatoms. The minimum atomic E-state index is 0.157. The van der Waals surface area contributed by atoms with E-state index in [0.29, 0.717) is 5.75 Å². The molecule has 0 aliphatic heterocycles. The summed E-state index contributed by atoms with van der Waals surface area (Å²) in [5.41, 5.74) is 3.26. The molecular weight excluding hydrogens is 320 g/mol. The van der Waals surface area contributed by atoms with Crippen molar-refractivity contribution in [3.8, 4) is 5.75 Å². The fourth-order valence-electron chi connectivity index (χ4n) is 2.64. The maximum Gasteiger partial charge on any atom is 0.182 e. The van der Waals surface area contributed by atoms with E-state index in [-0.39, 0.29) is 6.04 Å². The predicted molar refractivity (Wildman–Crippen MR) is 103 cm³/mol. The minimum absolute atomic E-state index is 0.157. The lowest BCUT2D eigenvalue weighted by Crippen LogP contribution is -2.23. The highest BCUT2D eigenvalue weighted by atomic mass is 32.1. The summed E-state index contributed by atoms with van der Waals surface area (Å²) in [6, 6.07) is 5.57. The van der Waals surface area contributed by atoms with Crippen LogP contribution in [-0.4, -0.2) is 28.7 Å². The number of phenols is 1. The second kappa shape index (κ2) is 8.70. The second-order valence-electron chi connectivity index (χ2n) is 5.19. The third kappa shape index (κ3) is 4.07. The summed E-state index contributed by atoms with van der Waals surface area (Å²) in [5, 5.41) is 20.4. The molecule has 24 heavy (non-hydrogen) atoms. The van der Waals surface area contributed by atoms with Crippen LogP contribution < -0.4 is 10.6 Å². The molecule has 0 amide bonds. The normalized spacial score (nSPS) is 11.8. The molecule has 130 valence electrons. The van der Waals surface area contributed by atoms with E-state index in [9.17, 15) is 5.11 Å². The van der Waals surface area contributed by atoms with Crippen LogP contribution in [0.15, 0.2) is 29.8 Å². The zero-order valence-corrected chi connectivity index (χ0v) is 15.5. The first-order valence-corrected chi connectivity index (χ1v) is 9.24. The van der Waals surface area contributed by atoms with Crippen LogP contribution in [0.25, 0.3) is 10.9 Å². The van der Waals surface area contributed by atoms with Gasteiger partial charge in [-0.05, 0) is 36.7 Å². The van der Waals surface area contributed by atoms with Crippen LogP contribution in [0.5, 0.6) is 5.75 Å². The van der Waals surface area contributed by atoms with Crippen LogP contribution in [0.1, 0.15) is 38.1 Å². The van der Waals surface area contributed by atoms with Gasteiger partial charge in [-0.3, -0.25) is 0 Å². The molecular formula is C18H26N4OS. The van der Waals surface area contributed by atoms with Crippen molar-refractivity contribution in [1.82, 2.24) is 15.3 Å². The number of H-pyrrole nitrogens is 1. The quantitative estimate of drug-likeness (QED) is 0.537. The van der Waals surface area contributed by atoms with Gasteiger partial charge in [-0.2, -0.15) is 0 Å². The summed E-state index contributed by atoms with van der Waals surface area (Å²) in [5.74, 6) is 0.291. The van der Waals surface area contributed by atoms with Crippen molar-refractivity contribution in [2.75, 3.05) is 18.9 Å².